The molecule has 0 atom stereocenters. The van der Waals surface area contributed by atoms with Crippen LogP contribution in [0.3, 0.4) is 0 Å². The van der Waals surface area contributed by atoms with Gasteiger partial charge in [-0.3, -0.25) is 4.79 Å². The molecule has 5 heteroatoms. The zero-order valence-electron chi connectivity index (χ0n) is 11.0. The molecule has 100 valence electrons. The number of hydrogen-bond acceptors (Lipinski definition) is 3. The number of amides is 1. The zero-order valence-corrected chi connectivity index (χ0v) is 11.0. The third-order valence-corrected chi connectivity index (χ3v) is 2.72. The molecule has 0 saturated heterocycles. The van der Waals surface area contributed by atoms with Gasteiger partial charge in [-0.25, -0.2) is 4.68 Å². The Morgan fingerprint density at radius 2 is 2.21 bits per heavy atom. The SMILES string of the molecule is CC(C)(CO)NC(=O)c1cccc(-n2cccn2)c1. The number of carbonyl (C=O) groups excluding carboxylic acids is 1. The monoisotopic (exact) mass is 259 g/mol. The standard InChI is InChI=1S/C14H17N3O2/c1-14(2,10-18)16-13(19)11-5-3-6-12(9-11)17-8-4-7-15-17/h3-9,18H,10H2,1-2H3,(H,16,19). The second-order valence-electron chi connectivity index (χ2n) is 5.00. The molecule has 0 aliphatic heterocycles. The van der Waals surface area contributed by atoms with Crippen LogP contribution < -0.4 is 5.32 Å². The van der Waals surface area contributed by atoms with E-state index in [0.29, 0.717) is 5.56 Å². The van der Waals surface area contributed by atoms with E-state index in [9.17, 15) is 4.79 Å². The molecule has 0 bridgehead atoms. The summed E-state index contributed by atoms with van der Waals surface area (Å²) in [4.78, 5) is 12.1. The van der Waals surface area contributed by atoms with Gasteiger partial charge in [0.15, 0.2) is 0 Å². The number of aromatic nitrogens is 2. The Morgan fingerprint density at radius 3 is 2.84 bits per heavy atom. The molecule has 2 aromatic rings. The number of hydrogen-bond donors (Lipinski definition) is 2. The van der Waals surface area contributed by atoms with Gasteiger partial charge < -0.3 is 10.4 Å². The largest absolute Gasteiger partial charge is 0.394 e. The van der Waals surface area contributed by atoms with Gasteiger partial charge in [-0.2, -0.15) is 5.10 Å². The Balaban J connectivity index is 2.22. The molecule has 0 aliphatic rings. The van der Waals surface area contributed by atoms with Crippen molar-refractivity contribution in [2.45, 2.75) is 19.4 Å². The molecule has 2 N–H and O–H groups in total. The smallest absolute Gasteiger partial charge is 0.251 e. The van der Waals surface area contributed by atoms with Crippen molar-refractivity contribution in [3.8, 4) is 5.69 Å². The van der Waals surface area contributed by atoms with Crippen molar-refractivity contribution < 1.29 is 9.90 Å². The quantitative estimate of drug-likeness (QED) is 0.871. The highest BCUT2D eigenvalue weighted by molar-refractivity contribution is 5.95. The van der Waals surface area contributed by atoms with Crippen molar-refractivity contribution in [2.75, 3.05) is 6.61 Å². The summed E-state index contributed by atoms with van der Waals surface area (Å²) in [6, 6.07) is 8.99. The lowest BCUT2D eigenvalue weighted by atomic mass is 10.1. The molecule has 19 heavy (non-hydrogen) atoms. The molecule has 0 saturated carbocycles. The second-order valence-corrected chi connectivity index (χ2v) is 5.00. The van der Waals surface area contributed by atoms with E-state index < -0.39 is 5.54 Å². The highest BCUT2D eigenvalue weighted by Crippen LogP contribution is 2.11. The molecule has 1 amide bonds. The van der Waals surface area contributed by atoms with Gasteiger partial charge >= 0.3 is 0 Å². The predicted octanol–water partition coefficient (Wildman–Crippen LogP) is 1.37. The molecule has 1 heterocycles. The van der Waals surface area contributed by atoms with Crippen LogP contribution in [0.15, 0.2) is 42.7 Å². The van der Waals surface area contributed by atoms with E-state index in [2.05, 4.69) is 10.4 Å². The van der Waals surface area contributed by atoms with E-state index >= 15 is 0 Å². The summed E-state index contributed by atoms with van der Waals surface area (Å²) < 4.78 is 1.69. The van der Waals surface area contributed by atoms with E-state index in [-0.39, 0.29) is 12.5 Å². The molecule has 1 aromatic heterocycles. The Kier molecular flexibility index (Phi) is 3.66. The van der Waals surface area contributed by atoms with Crippen LogP contribution in [-0.2, 0) is 0 Å². The predicted molar refractivity (Wildman–Crippen MR) is 72.2 cm³/mol. The van der Waals surface area contributed by atoms with E-state index in [1.54, 1.807) is 42.9 Å². The number of rotatable bonds is 4. The fourth-order valence-electron chi connectivity index (χ4n) is 1.63. The molecule has 0 radical (unpaired) electrons. The fourth-order valence-corrected chi connectivity index (χ4v) is 1.63. The molecule has 0 unspecified atom stereocenters. The second kappa shape index (κ2) is 5.24. The molecular formula is C14H17N3O2. The number of aliphatic hydroxyl groups excluding tert-OH is 1. The number of carbonyl (C=O) groups is 1. The van der Waals surface area contributed by atoms with Gasteiger partial charge in [0.2, 0.25) is 0 Å². The molecule has 2 rings (SSSR count). The minimum Gasteiger partial charge on any atom is -0.394 e. The average molecular weight is 259 g/mol. The first-order chi connectivity index (χ1) is 9.02. The molecule has 0 spiro atoms. The van der Waals surface area contributed by atoms with Gasteiger partial charge in [-0.1, -0.05) is 6.07 Å². The number of benzene rings is 1. The summed E-state index contributed by atoms with van der Waals surface area (Å²) in [5, 5.41) is 16.1. The van der Waals surface area contributed by atoms with Crippen LogP contribution in [0.1, 0.15) is 24.2 Å². The van der Waals surface area contributed by atoms with Crippen molar-refractivity contribution in [3.05, 3.63) is 48.3 Å². The van der Waals surface area contributed by atoms with E-state index in [4.69, 9.17) is 5.11 Å². The number of aliphatic hydroxyl groups is 1. The van der Waals surface area contributed by atoms with Crippen molar-refractivity contribution >= 4 is 5.91 Å². The zero-order chi connectivity index (χ0) is 13.9. The molecule has 0 fully saturated rings. The van der Waals surface area contributed by atoms with E-state index in [0.717, 1.165) is 5.69 Å². The number of nitrogens with zero attached hydrogens (tertiary/aromatic N) is 2. The first-order valence-corrected chi connectivity index (χ1v) is 6.05. The van der Waals surface area contributed by atoms with Crippen molar-refractivity contribution in [1.29, 1.82) is 0 Å². The summed E-state index contributed by atoms with van der Waals surface area (Å²) in [5.74, 6) is -0.215. The third-order valence-electron chi connectivity index (χ3n) is 2.72. The summed E-state index contributed by atoms with van der Waals surface area (Å²) >= 11 is 0. The Morgan fingerprint density at radius 1 is 1.42 bits per heavy atom. The highest BCUT2D eigenvalue weighted by Gasteiger charge is 2.20. The van der Waals surface area contributed by atoms with Crippen LogP contribution >= 0.6 is 0 Å². The summed E-state index contributed by atoms with van der Waals surface area (Å²) in [5.41, 5.74) is 0.715. The lowest BCUT2D eigenvalue weighted by Crippen LogP contribution is -2.46. The van der Waals surface area contributed by atoms with Crippen LogP contribution in [0, 0.1) is 0 Å². The van der Waals surface area contributed by atoms with Gasteiger partial charge in [0.05, 0.1) is 17.8 Å². The highest BCUT2D eigenvalue weighted by atomic mass is 16.3. The van der Waals surface area contributed by atoms with Crippen LogP contribution in [0.2, 0.25) is 0 Å². The van der Waals surface area contributed by atoms with Gasteiger partial charge in [-0.15, -0.1) is 0 Å². The maximum Gasteiger partial charge on any atom is 0.251 e. The van der Waals surface area contributed by atoms with Crippen LogP contribution in [0.25, 0.3) is 5.69 Å². The fraction of sp³-hybridized carbons (Fsp3) is 0.286. The average Bonchev–Trinajstić information content (AvgIpc) is 2.92. The van der Waals surface area contributed by atoms with E-state index in [1.807, 2.05) is 18.3 Å². The lowest BCUT2D eigenvalue weighted by molar-refractivity contribution is 0.0869. The Bertz CT molecular complexity index is 562. The van der Waals surface area contributed by atoms with Crippen LogP contribution in [0.4, 0.5) is 0 Å². The normalized spacial score (nSPS) is 11.3. The first-order valence-electron chi connectivity index (χ1n) is 6.05. The maximum atomic E-state index is 12.1. The van der Waals surface area contributed by atoms with Gasteiger partial charge in [0.1, 0.15) is 0 Å². The van der Waals surface area contributed by atoms with Crippen molar-refractivity contribution in [3.63, 3.8) is 0 Å². The minimum absolute atomic E-state index is 0.114. The summed E-state index contributed by atoms with van der Waals surface area (Å²) in [6.45, 7) is 3.42. The van der Waals surface area contributed by atoms with Crippen LogP contribution in [0.5, 0.6) is 0 Å². The Labute approximate surface area is 111 Å². The summed E-state index contributed by atoms with van der Waals surface area (Å²) in [7, 11) is 0. The summed E-state index contributed by atoms with van der Waals surface area (Å²) in [6.07, 6.45) is 3.50. The van der Waals surface area contributed by atoms with Crippen molar-refractivity contribution in [1.82, 2.24) is 15.1 Å². The molecule has 1 aromatic carbocycles. The third kappa shape index (κ3) is 3.20. The maximum absolute atomic E-state index is 12.1. The number of nitrogens with one attached hydrogen (secondary N) is 1. The van der Waals surface area contributed by atoms with Gasteiger partial charge in [0.25, 0.3) is 5.91 Å². The van der Waals surface area contributed by atoms with Gasteiger partial charge in [0, 0.05) is 18.0 Å². The minimum atomic E-state index is -0.640. The lowest BCUT2D eigenvalue weighted by Gasteiger charge is -2.23. The molecular weight excluding hydrogens is 242 g/mol. The Hall–Kier alpha value is -2.14. The first kappa shape index (κ1) is 13.3. The molecule has 5 nitrogen and oxygen atoms in total. The van der Waals surface area contributed by atoms with Crippen LogP contribution in [-0.4, -0.2) is 32.9 Å². The topological polar surface area (TPSA) is 67.2 Å². The van der Waals surface area contributed by atoms with Crippen molar-refractivity contribution in [2.24, 2.45) is 0 Å². The molecule has 0 aliphatic carbocycles. The van der Waals surface area contributed by atoms with E-state index in [1.165, 1.54) is 0 Å². The van der Waals surface area contributed by atoms with Gasteiger partial charge in [-0.05, 0) is 38.1 Å².